The van der Waals surface area contributed by atoms with E-state index in [-0.39, 0.29) is 0 Å². The van der Waals surface area contributed by atoms with E-state index in [2.05, 4.69) is 65.1 Å². The molecule has 2 rings (SSSR count). The van der Waals surface area contributed by atoms with E-state index in [0.29, 0.717) is 12.0 Å². The molecule has 1 unspecified atom stereocenters. The van der Waals surface area contributed by atoms with Crippen molar-refractivity contribution in [2.75, 3.05) is 24.5 Å². The summed E-state index contributed by atoms with van der Waals surface area (Å²) in [5.74, 6) is 0.668. The van der Waals surface area contributed by atoms with Crippen LogP contribution in [0, 0.1) is 12.8 Å². The Morgan fingerprint density at radius 2 is 2.18 bits per heavy atom. The van der Waals surface area contributed by atoms with Crippen molar-refractivity contribution in [3.63, 3.8) is 0 Å². The first-order chi connectivity index (χ1) is 8.11. The van der Waals surface area contributed by atoms with E-state index in [1.165, 1.54) is 15.7 Å². The lowest BCUT2D eigenvalue weighted by atomic mass is 9.99. The van der Waals surface area contributed by atoms with E-state index >= 15 is 0 Å². The molecule has 0 aromatic heterocycles. The molecule has 1 saturated heterocycles. The first kappa shape index (κ1) is 12.9. The summed E-state index contributed by atoms with van der Waals surface area (Å²) in [4.78, 5) is 2.56. The molecule has 0 radical (unpaired) electrons. The molecule has 1 aliphatic heterocycles. The second kappa shape index (κ2) is 5.40. The van der Waals surface area contributed by atoms with Crippen LogP contribution in [-0.2, 0) is 0 Å². The van der Waals surface area contributed by atoms with Crippen LogP contribution >= 0.6 is 15.9 Å². The Labute approximate surface area is 113 Å². The molecule has 1 N–H and O–H groups in total. The average Bonchev–Trinajstić information content (AvgIpc) is 2.33. The largest absolute Gasteiger partial charge is 0.365 e. The highest BCUT2D eigenvalue weighted by Crippen LogP contribution is 2.30. The van der Waals surface area contributed by atoms with Crippen LogP contribution in [0.3, 0.4) is 0 Å². The molecule has 0 aliphatic carbocycles. The molecular weight excluding hydrogens is 276 g/mol. The van der Waals surface area contributed by atoms with Crippen molar-refractivity contribution in [2.45, 2.75) is 26.8 Å². The molecule has 17 heavy (non-hydrogen) atoms. The molecule has 1 aliphatic rings. The lowest BCUT2D eigenvalue weighted by Crippen LogP contribution is -2.54. The van der Waals surface area contributed by atoms with Gasteiger partial charge in [-0.15, -0.1) is 0 Å². The van der Waals surface area contributed by atoms with Gasteiger partial charge in [-0.1, -0.05) is 35.8 Å². The Balaban J connectivity index is 2.33. The fraction of sp³-hybridized carbons (Fsp3) is 0.571. The quantitative estimate of drug-likeness (QED) is 0.902. The molecule has 0 bridgehead atoms. The maximum absolute atomic E-state index is 3.63. The highest BCUT2D eigenvalue weighted by molar-refractivity contribution is 9.10. The molecule has 1 fully saturated rings. The predicted octanol–water partition coefficient (Wildman–Crippen LogP) is 3.19. The van der Waals surface area contributed by atoms with Gasteiger partial charge in [-0.25, -0.2) is 0 Å². The zero-order chi connectivity index (χ0) is 12.4. The fourth-order valence-electron chi connectivity index (χ4n) is 2.53. The second-order valence-corrected chi connectivity index (χ2v) is 5.95. The second-order valence-electron chi connectivity index (χ2n) is 5.09. The van der Waals surface area contributed by atoms with Gasteiger partial charge in [-0.2, -0.15) is 0 Å². The number of hydrogen-bond donors (Lipinski definition) is 1. The molecule has 1 aromatic carbocycles. The van der Waals surface area contributed by atoms with Crippen LogP contribution in [0.4, 0.5) is 5.69 Å². The number of halogens is 1. The van der Waals surface area contributed by atoms with Crippen molar-refractivity contribution < 1.29 is 0 Å². The third kappa shape index (κ3) is 2.66. The van der Waals surface area contributed by atoms with Crippen LogP contribution in [0.5, 0.6) is 0 Å². The van der Waals surface area contributed by atoms with Gasteiger partial charge in [-0.05, 0) is 30.5 Å². The van der Waals surface area contributed by atoms with Gasteiger partial charge >= 0.3 is 0 Å². The summed E-state index contributed by atoms with van der Waals surface area (Å²) in [6, 6.07) is 7.08. The maximum atomic E-state index is 3.63. The van der Waals surface area contributed by atoms with E-state index in [1.807, 2.05) is 0 Å². The molecule has 1 atom stereocenters. The molecule has 0 saturated carbocycles. The normalized spacial score (nSPS) is 21.0. The van der Waals surface area contributed by atoms with Crippen LogP contribution < -0.4 is 10.2 Å². The summed E-state index contributed by atoms with van der Waals surface area (Å²) in [5.41, 5.74) is 2.72. The predicted molar refractivity (Wildman–Crippen MR) is 77.7 cm³/mol. The van der Waals surface area contributed by atoms with E-state index in [1.54, 1.807) is 0 Å². The van der Waals surface area contributed by atoms with E-state index in [0.717, 1.165) is 19.6 Å². The summed E-state index contributed by atoms with van der Waals surface area (Å²) in [6.45, 7) is 10.1. The highest BCUT2D eigenvalue weighted by atomic mass is 79.9. The molecule has 3 heteroatoms. The lowest BCUT2D eigenvalue weighted by molar-refractivity contribution is 0.390. The number of rotatable bonds is 2. The number of hydrogen-bond acceptors (Lipinski definition) is 2. The first-order valence-corrected chi connectivity index (χ1v) is 7.13. The van der Waals surface area contributed by atoms with Gasteiger partial charge in [0.15, 0.2) is 0 Å². The fourth-order valence-corrected chi connectivity index (χ4v) is 2.88. The minimum absolute atomic E-state index is 0.594. The molecular formula is C14H21BrN2. The Hall–Kier alpha value is -0.540. The zero-order valence-electron chi connectivity index (χ0n) is 10.8. The van der Waals surface area contributed by atoms with Gasteiger partial charge < -0.3 is 10.2 Å². The third-order valence-corrected chi connectivity index (χ3v) is 4.46. The average molecular weight is 297 g/mol. The summed E-state index contributed by atoms with van der Waals surface area (Å²) >= 11 is 3.63. The Kier molecular flexibility index (Phi) is 4.10. The van der Waals surface area contributed by atoms with Gasteiger partial charge in [-0.3, -0.25) is 0 Å². The van der Waals surface area contributed by atoms with Crippen molar-refractivity contribution >= 4 is 21.6 Å². The third-order valence-electron chi connectivity index (χ3n) is 3.60. The maximum Gasteiger partial charge on any atom is 0.0438 e. The Morgan fingerprint density at radius 1 is 1.41 bits per heavy atom. The van der Waals surface area contributed by atoms with Gasteiger partial charge in [0.25, 0.3) is 0 Å². The number of anilines is 1. The first-order valence-electron chi connectivity index (χ1n) is 6.33. The molecule has 94 valence electrons. The SMILES string of the molecule is Cc1c(Br)cccc1N1CCNCC1C(C)C. The van der Waals surface area contributed by atoms with Crippen molar-refractivity contribution in [3.05, 3.63) is 28.2 Å². The molecule has 0 spiro atoms. The van der Waals surface area contributed by atoms with E-state index < -0.39 is 0 Å². The minimum atomic E-state index is 0.594. The summed E-state index contributed by atoms with van der Waals surface area (Å²) < 4.78 is 1.20. The van der Waals surface area contributed by atoms with Crippen molar-refractivity contribution in [2.24, 2.45) is 5.92 Å². The van der Waals surface area contributed by atoms with Gasteiger partial charge in [0, 0.05) is 35.8 Å². The van der Waals surface area contributed by atoms with Gasteiger partial charge in [0.1, 0.15) is 0 Å². The van der Waals surface area contributed by atoms with E-state index in [4.69, 9.17) is 0 Å². The van der Waals surface area contributed by atoms with Crippen LogP contribution in [0.15, 0.2) is 22.7 Å². The number of piperazine rings is 1. The Morgan fingerprint density at radius 3 is 2.88 bits per heavy atom. The molecule has 1 heterocycles. The van der Waals surface area contributed by atoms with Crippen LogP contribution in [0.1, 0.15) is 19.4 Å². The lowest BCUT2D eigenvalue weighted by Gasteiger charge is -2.41. The van der Waals surface area contributed by atoms with Crippen molar-refractivity contribution in [1.29, 1.82) is 0 Å². The number of benzene rings is 1. The summed E-state index contributed by atoms with van der Waals surface area (Å²) in [6.07, 6.45) is 0. The van der Waals surface area contributed by atoms with Crippen LogP contribution in [0.25, 0.3) is 0 Å². The Bertz CT molecular complexity index is 390. The van der Waals surface area contributed by atoms with Gasteiger partial charge in [0.2, 0.25) is 0 Å². The smallest absolute Gasteiger partial charge is 0.0438 e. The standard InChI is InChI=1S/C14H21BrN2/c1-10(2)14-9-16-7-8-17(14)13-6-4-5-12(15)11(13)3/h4-6,10,14,16H,7-9H2,1-3H3. The monoisotopic (exact) mass is 296 g/mol. The minimum Gasteiger partial charge on any atom is -0.365 e. The summed E-state index contributed by atoms with van der Waals surface area (Å²) in [7, 11) is 0. The summed E-state index contributed by atoms with van der Waals surface area (Å²) in [5, 5.41) is 3.50. The van der Waals surface area contributed by atoms with Gasteiger partial charge in [0.05, 0.1) is 0 Å². The zero-order valence-corrected chi connectivity index (χ0v) is 12.4. The van der Waals surface area contributed by atoms with Crippen LogP contribution in [-0.4, -0.2) is 25.7 Å². The van der Waals surface area contributed by atoms with E-state index in [9.17, 15) is 0 Å². The van der Waals surface area contributed by atoms with Crippen molar-refractivity contribution in [1.82, 2.24) is 5.32 Å². The van der Waals surface area contributed by atoms with Crippen LogP contribution in [0.2, 0.25) is 0 Å². The highest BCUT2D eigenvalue weighted by Gasteiger charge is 2.26. The molecule has 1 aromatic rings. The molecule has 0 amide bonds. The number of nitrogens with zero attached hydrogens (tertiary/aromatic N) is 1. The van der Waals surface area contributed by atoms with Crippen molar-refractivity contribution in [3.8, 4) is 0 Å². The molecule has 2 nitrogen and oxygen atoms in total. The topological polar surface area (TPSA) is 15.3 Å². The number of nitrogens with one attached hydrogen (secondary N) is 1.